The standard InChI is InChI=1S/C12H27N3O2S/c1-12(2,3)11-18(16,17)14(4)9-10-15-7-5-13-6-8-15/h13H,5-11H2,1-4H3. The van der Waals surface area contributed by atoms with Gasteiger partial charge in [0, 0.05) is 46.3 Å². The fourth-order valence-electron chi connectivity index (χ4n) is 2.01. The summed E-state index contributed by atoms with van der Waals surface area (Å²) < 4.78 is 25.7. The fourth-order valence-corrected chi connectivity index (χ4v) is 3.69. The van der Waals surface area contributed by atoms with Gasteiger partial charge in [-0.1, -0.05) is 20.8 Å². The normalized spacial score (nSPS) is 19.4. The van der Waals surface area contributed by atoms with E-state index in [9.17, 15) is 8.42 Å². The van der Waals surface area contributed by atoms with E-state index < -0.39 is 10.0 Å². The lowest BCUT2D eigenvalue weighted by atomic mass is 10.0. The molecule has 1 N–H and O–H groups in total. The van der Waals surface area contributed by atoms with Gasteiger partial charge in [0.1, 0.15) is 0 Å². The largest absolute Gasteiger partial charge is 0.314 e. The molecule has 0 saturated carbocycles. The zero-order valence-corrected chi connectivity index (χ0v) is 12.9. The van der Waals surface area contributed by atoms with E-state index in [2.05, 4.69) is 10.2 Å². The van der Waals surface area contributed by atoms with Gasteiger partial charge in [0.25, 0.3) is 0 Å². The Morgan fingerprint density at radius 1 is 1.22 bits per heavy atom. The Kier molecular flexibility index (Phi) is 5.58. The van der Waals surface area contributed by atoms with Crippen molar-refractivity contribution in [3.05, 3.63) is 0 Å². The summed E-state index contributed by atoms with van der Waals surface area (Å²) >= 11 is 0. The first-order chi connectivity index (χ1) is 8.21. The van der Waals surface area contributed by atoms with Crippen LogP contribution in [0.3, 0.4) is 0 Å². The molecule has 0 radical (unpaired) electrons. The van der Waals surface area contributed by atoms with E-state index in [0.717, 1.165) is 32.7 Å². The van der Waals surface area contributed by atoms with Crippen LogP contribution >= 0.6 is 0 Å². The van der Waals surface area contributed by atoms with Crippen molar-refractivity contribution in [2.45, 2.75) is 20.8 Å². The highest BCUT2D eigenvalue weighted by Crippen LogP contribution is 2.17. The van der Waals surface area contributed by atoms with E-state index >= 15 is 0 Å². The monoisotopic (exact) mass is 277 g/mol. The van der Waals surface area contributed by atoms with Crippen LogP contribution in [0.4, 0.5) is 0 Å². The molecule has 0 aliphatic carbocycles. The summed E-state index contributed by atoms with van der Waals surface area (Å²) in [7, 11) is -1.44. The van der Waals surface area contributed by atoms with Crippen molar-refractivity contribution in [3.63, 3.8) is 0 Å². The first-order valence-corrected chi connectivity index (χ1v) is 8.19. The van der Waals surface area contributed by atoms with Gasteiger partial charge in [-0.15, -0.1) is 0 Å². The number of hydrogen-bond donors (Lipinski definition) is 1. The smallest absolute Gasteiger partial charge is 0.214 e. The van der Waals surface area contributed by atoms with Crippen molar-refractivity contribution in [2.75, 3.05) is 52.1 Å². The predicted octanol–water partition coefficient (Wildman–Crippen LogP) is 0.199. The Balaban J connectivity index is 2.41. The third-order valence-corrected chi connectivity index (χ3v) is 5.39. The average molecular weight is 277 g/mol. The summed E-state index contributed by atoms with van der Waals surface area (Å²) in [5.74, 6) is 0.206. The van der Waals surface area contributed by atoms with Crippen molar-refractivity contribution in [1.82, 2.24) is 14.5 Å². The van der Waals surface area contributed by atoms with Gasteiger partial charge in [-0.2, -0.15) is 0 Å². The Morgan fingerprint density at radius 2 is 1.78 bits per heavy atom. The molecule has 1 fully saturated rings. The molecule has 0 spiro atoms. The highest BCUT2D eigenvalue weighted by atomic mass is 32.2. The molecule has 1 heterocycles. The molecule has 0 unspecified atom stereocenters. The van der Waals surface area contributed by atoms with Crippen LogP contribution in [0.1, 0.15) is 20.8 Å². The molecule has 0 aromatic carbocycles. The number of nitrogens with one attached hydrogen (secondary N) is 1. The number of rotatable bonds is 5. The lowest BCUT2D eigenvalue weighted by Crippen LogP contribution is -2.47. The number of hydrogen-bond acceptors (Lipinski definition) is 4. The van der Waals surface area contributed by atoms with Crippen molar-refractivity contribution >= 4 is 10.0 Å². The molecule has 6 heteroatoms. The maximum atomic E-state index is 12.1. The summed E-state index contributed by atoms with van der Waals surface area (Å²) in [6.45, 7) is 11.3. The van der Waals surface area contributed by atoms with Gasteiger partial charge in [0.15, 0.2) is 0 Å². The van der Waals surface area contributed by atoms with Gasteiger partial charge in [-0.25, -0.2) is 12.7 Å². The van der Waals surface area contributed by atoms with Crippen LogP contribution < -0.4 is 5.32 Å². The first-order valence-electron chi connectivity index (χ1n) is 6.58. The van der Waals surface area contributed by atoms with Gasteiger partial charge >= 0.3 is 0 Å². The molecular weight excluding hydrogens is 250 g/mol. The number of nitrogens with zero attached hydrogens (tertiary/aromatic N) is 2. The molecule has 1 rings (SSSR count). The maximum absolute atomic E-state index is 12.1. The minimum Gasteiger partial charge on any atom is -0.314 e. The van der Waals surface area contributed by atoms with Crippen molar-refractivity contribution < 1.29 is 8.42 Å². The van der Waals surface area contributed by atoms with Crippen molar-refractivity contribution in [3.8, 4) is 0 Å². The number of likely N-dealkylation sites (N-methyl/N-ethyl adjacent to an activating group) is 1. The fraction of sp³-hybridized carbons (Fsp3) is 1.00. The Hall–Kier alpha value is -0.170. The van der Waals surface area contributed by atoms with Crippen LogP contribution in [0.2, 0.25) is 0 Å². The zero-order chi connectivity index (χ0) is 13.8. The molecule has 1 aliphatic heterocycles. The second kappa shape index (κ2) is 6.32. The molecular formula is C12H27N3O2S. The van der Waals surface area contributed by atoms with Gasteiger partial charge in [0.2, 0.25) is 10.0 Å². The summed E-state index contributed by atoms with van der Waals surface area (Å²) in [6.07, 6.45) is 0. The molecule has 108 valence electrons. The Bertz CT molecular complexity index is 343. The summed E-state index contributed by atoms with van der Waals surface area (Å²) in [5, 5.41) is 3.29. The highest BCUT2D eigenvalue weighted by molar-refractivity contribution is 7.89. The molecule has 1 aliphatic rings. The van der Waals surface area contributed by atoms with Crippen LogP contribution in [-0.2, 0) is 10.0 Å². The summed E-state index contributed by atoms with van der Waals surface area (Å²) in [5.41, 5.74) is -0.192. The Morgan fingerprint density at radius 3 is 2.28 bits per heavy atom. The molecule has 18 heavy (non-hydrogen) atoms. The summed E-state index contributed by atoms with van der Waals surface area (Å²) in [4.78, 5) is 2.31. The maximum Gasteiger partial charge on any atom is 0.214 e. The lowest BCUT2D eigenvalue weighted by molar-refractivity contribution is 0.229. The predicted molar refractivity (Wildman–Crippen MR) is 75.2 cm³/mol. The Labute approximate surface area is 112 Å². The number of sulfonamides is 1. The highest BCUT2D eigenvalue weighted by Gasteiger charge is 2.25. The van der Waals surface area contributed by atoms with Gasteiger partial charge in [-0.05, 0) is 5.41 Å². The van der Waals surface area contributed by atoms with E-state index in [1.807, 2.05) is 20.8 Å². The van der Waals surface area contributed by atoms with Crippen LogP contribution in [0.5, 0.6) is 0 Å². The van der Waals surface area contributed by atoms with E-state index in [0.29, 0.717) is 6.54 Å². The second-order valence-electron chi connectivity index (χ2n) is 6.23. The molecule has 0 bridgehead atoms. The van der Waals surface area contributed by atoms with E-state index in [-0.39, 0.29) is 11.2 Å². The van der Waals surface area contributed by atoms with Crippen LogP contribution in [0, 0.1) is 5.41 Å². The first kappa shape index (κ1) is 15.9. The third kappa shape index (κ3) is 5.65. The van der Waals surface area contributed by atoms with E-state index in [1.165, 1.54) is 4.31 Å². The minimum atomic E-state index is -3.13. The third-order valence-electron chi connectivity index (χ3n) is 3.03. The lowest BCUT2D eigenvalue weighted by Gasteiger charge is -2.29. The average Bonchev–Trinajstić information content (AvgIpc) is 2.24. The molecule has 5 nitrogen and oxygen atoms in total. The zero-order valence-electron chi connectivity index (χ0n) is 12.1. The van der Waals surface area contributed by atoms with Gasteiger partial charge in [0.05, 0.1) is 5.75 Å². The van der Waals surface area contributed by atoms with E-state index in [4.69, 9.17) is 0 Å². The van der Waals surface area contributed by atoms with Crippen molar-refractivity contribution in [2.24, 2.45) is 5.41 Å². The molecule has 0 atom stereocenters. The van der Waals surface area contributed by atoms with Crippen LogP contribution in [0.25, 0.3) is 0 Å². The van der Waals surface area contributed by atoms with Crippen LogP contribution in [-0.4, -0.2) is 69.7 Å². The molecule has 1 saturated heterocycles. The SMILES string of the molecule is CN(CCN1CCNCC1)S(=O)(=O)CC(C)(C)C. The topological polar surface area (TPSA) is 52.6 Å². The van der Waals surface area contributed by atoms with E-state index in [1.54, 1.807) is 7.05 Å². The number of piperazine rings is 1. The minimum absolute atomic E-state index is 0.192. The molecule has 0 amide bonds. The van der Waals surface area contributed by atoms with Crippen molar-refractivity contribution in [1.29, 1.82) is 0 Å². The van der Waals surface area contributed by atoms with Crippen LogP contribution in [0.15, 0.2) is 0 Å². The van der Waals surface area contributed by atoms with Gasteiger partial charge < -0.3 is 5.32 Å². The summed E-state index contributed by atoms with van der Waals surface area (Å²) in [6, 6.07) is 0. The quantitative estimate of drug-likeness (QED) is 0.780. The van der Waals surface area contributed by atoms with Gasteiger partial charge in [-0.3, -0.25) is 4.90 Å². The second-order valence-corrected chi connectivity index (χ2v) is 8.31. The molecule has 0 aromatic heterocycles. The molecule has 0 aromatic rings.